The molecule has 2 aromatic rings. The van der Waals surface area contributed by atoms with E-state index in [2.05, 4.69) is 55.3 Å². The smallest absolute Gasteiger partial charge is 0.243 e. The van der Waals surface area contributed by atoms with Crippen LogP contribution >= 0.6 is 12.6 Å². The van der Waals surface area contributed by atoms with Crippen LogP contribution < -0.4 is 10.2 Å². The number of hydrogen-bond acceptors (Lipinski definition) is 7. The van der Waals surface area contributed by atoms with Gasteiger partial charge >= 0.3 is 0 Å². The minimum absolute atomic E-state index is 0.127. The number of imide groups is 1. The van der Waals surface area contributed by atoms with E-state index in [1.807, 2.05) is 13.0 Å². The average molecular weight is 452 g/mol. The zero-order valence-electron chi connectivity index (χ0n) is 18.3. The van der Waals surface area contributed by atoms with Crippen molar-refractivity contribution in [1.82, 2.24) is 20.1 Å². The normalized spacial score (nSPS) is 24.5. The Hall–Kier alpha value is -2.42. The standard InChI is InChI=1S/C24H29N5O2S/c1-16-3-2-4-21(25-16)28-11-9-27(10-12-28)14-17-5-6-18-15-29(24(32)19(18)13-17)20-7-8-22(30)26-23(20)31/h2-6,13,20,24,32H,7-12,14-15H2,1H3,(H,26,30,31). The predicted octanol–water partition coefficient (Wildman–Crippen LogP) is 2.26. The van der Waals surface area contributed by atoms with Gasteiger partial charge in [0.25, 0.3) is 0 Å². The number of carbonyl (C=O) groups excluding carboxylic acids is 2. The highest BCUT2D eigenvalue weighted by molar-refractivity contribution is 7.80. The number of hydrogen-bond donors (Lipinski definition) is 2. The Bertz CT molecular complexity index is 1040. The molecule has 0 radical (unpaired) electrons. The zero-order valence-corrected chi connectivity index (χ0v) is 19.2. The van der Waals surface area contributed by atoms with Gasteiger partial charge in [-0.2, -0.15) is 12.6 Å². The summed E-state index contributed by atoms with van der Waals surface area (Å²) in [5, 5.41) is 2.34. The number of fused-ring (bicyclic) bond motifs is 1. The summed E-state index contributed by atoms with van der Waals surface area (Å²) < 4.78 is 0. The van der Waals surface area contributed by atoms with Crippen molar-refractivity contribution in [2.24, 2.45) is 0 Å². The Morgan fingerprint density at radius 2 is 1.94 bits per heavy atom. The molecule has 0 aliphatic carbocycles. The van der Waals surface area contributed by atoms with Crippen LogP contribution in [0, 0.1) is 6.92 Å². The van der Waals surface area contributed by atoms with Crippen molar-refractivity contribution in [1.29, 1.82) is 0 Å². The number of benzene rings is 1. The topological polar surface area (TPSA) is 68.8 Å². The first kappa shape index (κ1) is 21.4. The van der Waals surface area contributed by atoms with Crippen LogP contribution in [0.15, 0.2) is 36.4 Å². The highest BCUT2D eigenvalue weighted by Gasteiger charge is 2.39. The molecule has 168 valence electrons. The first-order valence-corrected chi connectivity index (χ1v) is 11.8. The van der Waals surface area contributed by atoms with Crippen molar-refractivity contribution < 1.29 is 9.59 Å². The average Bonchev–Trinajstić information content (AvgIpc) is 3.10. The molecule has 1 aromatic heterocycles. The maximum absolute atomic E-state index is 12.3. The van der Waals surface area contributed by atoms with Crippen molar-refractivity contribution in [3.63, 3.8) is 0 Å². The summed E-state index contributed by atoms with van der Waals surface area (Å²) in [7, 11) is 0. The number of piperidine rings is 1. The Kier molecular flexibility index (Phi) is 5.92. The number of aromatic nitrogens is 1. The molecule has 2 atom stereocenters. The molecule has 3 aliphatic heterocycles. The van der Waals surface area contributed by atoms with E-state index in [0.29, 0.717) is 19.4 Å². The molecule has 2 amide bonds. The molecule has 2 fully saturated rings. The van der Waals surface area contributed by atoms with E-state index in [4.69, 9.17) is 12.6 Å². The summed E-state index contributed by atoms with van der Waals surface area (Å²) in [6.45, 7) is 7.57. The summed E-state index contributed by atoms with van der Waals surface area (Å²) in [6, 6.07) is 12.5. The lowest BCUT2D eigenvalue weighted by Crippen LogP contribution is -2.51. The monoisotopic (exact) mass is 451 g/mol. The van der Waals surface area contributed by atoms with Gasteiger partial charge in [0.05, 0.1) is 11.4 Å². The van der Waals surface area contributed by atoms with Crippen molar-refractivity contribution in [2.45, 2.75) is 44.3 Å². The van der Waals surface area contributed by atoms with E-state index in [0.717, 1.165) is 44.2 Å². The van der Waals surface area contributed by atoms with Gasteiger partial charge in [0.1, 0.15) is 5.82 Å². The molecule has 8 heteroatoms. The maximum Gasteiger partial charge on any atom is 0.243 e. The van der Waals surface area contributed by atoms with Gasteiger partial charge in [0, 0.05) is 51.4 Å². The number of aryl methyl sites for hydroxylation is 1. The van der Waals surface area contributed by atoms with Crippen LogP contribution in [0.2, 0.25) is 0 Å². The highest BCUT2D eigenvalue weighted by atomic mass is 32.1. The summed E-state index contributed by atoms with van der Waals surface area (Å²) in [4.78, 5) is 35.4. The minimum Gasteiger partial charge on any atom is -0.354 e. The van der Waals surface area contributed by atoms with Crippen molar-refractivity contribution in [3.05, 3.63) is 58.8 Å². The molecule has 0 saturated carbocycles. The van der Waals surface area contributed by atoms with Crippen molar-refractivity contribution in [3.8, 4) is 0 Å². The Balaban J connectivity index is 1.21. The molecular formula is C24H29N5O2S. The lowest BCUT2D eigenvalue weighted by atomic mass is 10.0. The van der Waals surface area contributed by atoms with E-state index in [-0.39, 0.29) is 23.2 Å². The summed E-state index contributed by atoms with van der Waals surface area (Å²) in [5.74, 6) is 0.683. The van der Waals surface area contributed by atoms with E-state index in [9.17, 15) is 9.59 Å². The number of amides is 2. The van der Waals surface area contributed by atoms with Gasteiger partial charge in [-0.25, -0.2) is 4.98 Å². The number of nitrogens with zero attached hydrogens (tertiary/aromatic N) is 4. The number of piperazine rings is 1. The summed E-state index contributed by atoms with van der Waals surface area (Å²) in [5.41, 5.74) is 4.72. The largest absolute Gasteiger partial charge is 0.354 e. The second kappa shape index (κ2) is 8.84. The number of rotatable bonds is 4. The van der Waals surface area contributed by atoms with Gasteiger partial charge in [0.15, 0.2) is 0 Å². The maximum atomic E-state index is 12.3. The van der Waals surface area contributed by atoms with Crippen LogP contribution in [0.25, 0.3) is 0 Å². The van der Waals surface area contributed by atoms with E-state index < -0.39 is 0 Å². The van der Waals surface area contributed by atoms with Crippen LogP contribution in [0.3, 0.4) is 0 Å². The van der Waals surface area contributed by atoms with Crippen LogP contribution in [0.1, 0.15) is 40.6 Å². The number of thiol groups is 1. The molecule has 2 saturated heterocycles. The molecule has 5 rings (SSSR count). The molecule has 0 spiro atoms. The van der Waals surface area contributed by atoms with Crippen molar-refractivity contribution >= 4 is 30.3 Å². The van der Waals surface area contributed by atoms with Crippen LogP contribution in [-0.2, 0) is 22.7 Å². The lowest BCUT2D eigenvalue weighted by molar-refractivity contribution is -0.137. The van der Waals surface area contributed by atoms with Crippen LogP contribution in [0.4, 0.5) is 5.82 Å². The number of anilines is 1. The fourth-order valence-electron chi connectivity index (χ4n) is 4.97. The van der Waals surface area contributed by atoms with E-state index in [1.165, 1.54) is 16.7 Å². The van der Waals surface area contributed by atoms with Crippen LogP contribution in [-0.4, -0.2) is 58.8 Å². The second-order valence-corrected chi connectivity index (χ2v) is 9.44. The Morgan fingerprint density at radius 3 is 2.69 bits per heavy atom. The van der Waals surface area contributed by atoms with Gasteiger partial charge in [-0.15, -0.1) is 0 Å². The fourth-order valence-corrected chi connectivity index (χ4v) is 5.45. The fraction of sp³-hybridized carbons (Fsp3) is 0.458. The molecule has 0 bridgehead atoms. The van der Waals surface area contributed by atoms with Gasteiger partial charge < -0.3 is 4.90 Å². The highest BCUT2D eigenvalue weighted by Crippen LogP contribution is 2.39. The first-order valence-electron chi connectivity index (χ1n) is 11.3. The number of nitrogens with one attached hydrogen (secondary N) is 1. The first-order chi connectivity index (χ1) is 15.5. The quantitative estimate of drug-likeness (QED) is 0.549. The molecular weight excluding hydrogens is 422 g/mol. The summed E-state index contributed by atoms with van der Waals surface area (Å²) >= 11 is 4.85. The van der Waals surface area contributed by atoms with Gasteiger partial charge in [0.2, 0.25) is 11.8 Å². The predicted molar refractivity (Wildman–Crippen MR) is 126 cm³/mol. The molecule has 7 nitrogen and oxygen atoms in total. The van der Waals surface area contributed by atoms with Crippen LogP contribution in [0.5, 0.6) is 0 Å². The molecule has 3 aliphatic rings. The molecule has 1 aromatic carbocycles. The molecule has 32 heavy (non-hydrogen) atoms. The molecule has 2 unspecified atom stereocenters. The molecule has 1 N–H and O–H groups in total. The Labute approximate surface area is 194 Å². The van der Waals surface area contributed by atoms with Gasteiger partial charge in [-0.1, -0.05) is 24.3 Å². The lowest BCUT2D eigenvalue weighted by Gasteiger charge is -2.35. The number of pyridine rings is 1. The third kappa shape index (κ3) is 4.27. The third-order valence-electron chi connectivity index (χ3n) is 6.74. The third-order valence-corrected chi connectivity index (χ3v) is 7.32. The zero-order chi connectivity index (χ0) is 22.2. The van der Waals surface area contributed by atoms with E-state index >= 15 is 0 Å². The van der Waals surface area contributed by atoms with Crippen molar-refractivity contribution in [2.75, 3.05) is 31.1 Å². The van der Waals surface area contributed by atoms with Gasteiger partial charge in [-0.3, -0.25) is 24.7 Å². The summed E-state index contributed by atoms with van der Waals surface area (Å²) in [6.07, 6.45) is 0.946. The minimum atomic E-state index is -0.297. The van der Waals surface area contributed by atoms with E-state index in [1.54, 1.807) is 0 Å². The number of carbonyl (C=O) groups is 2. The SMILES string of the molecule is Cc1cccc(N2CCN(Cc3ccc4c(c3)C(S)N(C3CCC(=O)NC3=O)C4)CC2)n1. The van der Waals surface area contributed by atoms with Gasteiger partial charge in [-0.05, 0) is 42.2 Å². The Morgan fingerprint density at radius 1 is 1.12 bits per heavy atom. The second-order valence-electron chi connectivity index (χ2n) is 8.95. The molecule has 4 heterocycles.